The second-order valence-electron chi connectivity index (χ2n) is 6.89. The van der Waals surface area contributed by atoms with Gasteiger partial charge < -0.3 is 14.4 Å². The van der Waals surface area contributed by atoms with Crippen LogP contribution in [0.1, 0.15) is 16.8 Å². The van der Waals surface area contributed by atoms with E-state index in [-0.39, 0.29) is 18.8 Å². The van der Waals surface area contributed by atoms with Gasteiger partial charge in [-0.2, -0.15) is 18.3 Å². The first-order valence-electron chi connectivity index (χ1n) is 9.22. The molecule has 2 aromatic rings. The van der Waals surface area contributed by atoms with Crippen molar-refractivity contribution in [1.82, 2.24) is 20.1 Å². The molecule has 29 heavy (non-hydrogen) atoms. The number of hydrogen-bond donors (Lipinski definition) is 1. The summed E-state index contributed by atoms with van der Waals surface area (Å²) in [4.78, 5) is 19.7. The molecule has 0 aliphatic carbocycles. The Morgan fingerprint density at radius 3 is 2.76 bits per heavy atom. The molecule has 1 N–H and O–H groups in total. The highest BCUT2D eigenvalue weighted by molar-refractivity contribution is 5.55. The standard InChI is InChI=1S/C18H20F3N5O3/c19-18(20,21)16-15(9-23-24-17(16)27)26-10-12-7-13(8-22-14(12)11-26)29-6-3-25-1-4-28-5-2-25/h7-9H,1-6,10-11H2,(H,24,27). The Bertz CT molecular complexity index is 928. The van der Waals surface area contributed by atoms with Crippen molar-refractivity contribution in [1.29, 1.82) is 0 Å². The lowest BCUT2D eigenvalue weighted by Crippen LogP contribution is -2.38. The Morgan fingerprint density at radius 2 is 2.00 bits per heavy atom. The summed E-state index contributed by atoms with van der Waals surface area (Å²) in [5.74, 6) is 0.568. The number of rotatable bonds is 5. The van der Waals surface area contributed by atoms with Gasteiger partial charge in [0, 0.05) is 26.2 Å². The Hall–Kier alpha value is -2.66. The number of anilines is 1. The van der Waals surface area contributed by atoms with Crippen LogP contribution in [0.3, 0.4) is 0 Å². The van der Waals surface area contributed by atoms with E-state index >= 15 is 0 Å². The van der Waals surface area contributed by atoms with Gasteiger partial charge in [0.1, 0.15) is 17.9 Å². The van der Waals surface area contributed by atoms with Gasteiger partial charge in [0.2, 0.25) is 0 Å². The average molecular weight is 411 g/mol. The average Bonchev–Trinajstić information content (AvgIpc) is 3.11. The number of aromatic amines is 1. The summed E-state index contributed by atoms with van der Waals surface area (Å²) in [6.45, 7) is 4.77. The fourth-order valence-electron chi connectivity index (χ4n) is 3.51. The third-order valence-electron chi connectivity index (χ3n) is 4.98. The first-order chi connectivity index (χ1) is 13.9. The monoisotopic (exact) mass is 411 g/mol. The topological polar surface area (TPSA) is 83.6 Å². The maximum atomic E-state index is 13.3. The molecule has 0 saturated carbocycles. The number of fused-ring (bicyclic) bond motifs is 1. The highest BCUT2D eigenvalue weighted by Crippen LogP contribution is 2.36. The number of ether oxygens (including phenoxy) is 2. The van der Waals surface area contributed by atoms with Crippen LogP contribution in [0, 0.1) is 0 Å². The van der Waals surface area contributed by atoms with Gasteiger partial charge in [-0.1, -0.05) is 0 Å². The summed E-state index contributed by atoms with van der Waals surface area (Å²) in [7, 11) is 0. The van der Waals surface area contributed by atoms with E-state index in [9.17, 15) is 18.0 Å². The van der Waals surface area contributed by atoms with Gasteiger partial charge in [-0.3, -0.25) is 14.7 Å². The quantitative estimate of drug-likeness (QED) is 0.797. The van der Waals surface area contributed by atoms with E-state index in [2.05, 4.69) is 15.0 Å². The number of H-pyrrole nitrogens is 1. The van der Waals surface area contributed by atoms with Gasteiger partial charge >= 0.3 is 6.18 Å². The molecule has 2 aromatic heterocycles. The van der Waals surface area contributed by atoms with Gasteiger partial charge in [-0.15, -0.1) is 0 Å². The summed E-state index contributed by atoms with van der Waals surface area (Å²) in [6.07, 6.45) is -2.18. The third-order valence-corrected chi connectivity index (χ3v) is 4.98. The van der Waals surface area contributed by atoms with Gasteiger partial charge in [0.05, 0.1) is 43.5 Å². The molecule has 0 amide bonds. The molecule has 0 spiro atoms. The number of aromatic nitrogens is 3. The van der Waals surface area contributed by atoms with Crippen molar-refractivity contribution in [2.75, 3.05) is 44.4 Å². The van der Waals surface area contributed by atoms with Crippen LogP contribution in [0.15, 0.2) is 23.3 Å². The molecule has 0 atom stereocenters. The van der Waals surface area contributed by atoms with Crippen molar-refractivity contribution >= 4 is 5.69 Å². The molecule has 156 valence electrons. The maximum Gasteiger partial charge on any atom is 0.423 e. The minimum absolute atomic E-state index is 0.164. The van der Waals surface area contributed by atoms with E-state index in [0.29, 0.717) is 31.3 Å². The summed E-state index contributed by atoms with van der Waals surface area (Å²) >= 11 is 0. The predicted molar refractivity (Wildman–Crippen MR) is 96.7 cm³/mol. The van der Waals surface area contributed by atoms with Gasteiger partial charge in [-0.05, 0) is 11.6 Å². The molecule has 0 radical (unpaired) electrons. The number of morpholine rings is 1. The van der Waals surface area contributed by atoms with Crippen LogP contribution in [0.25, 0.3) is 0 Å². The van der Waals surface area contributed by atoms with E-state index in [1.54, 1.807) is 12.3 Å². The molecule has 4 heterocycles. The number of nitrogens with one attached hydrogen (secondary N) is 1. The summed E-state index contributed by atoms with van der Waals surface area (Å²) in [5, 5.41) is 5.38. The molecular weight excluding hydrogens is 391 g/mol. The van der Waals surface area contributed by atoms with Crippen molar-refractivity contribution in [2.24, 2.45) is 0 Å². The molecule has 0 bridgehead atoms. The third kappa shape index (κ3) is 4.35. The van der Waals surface area contributed by atoms with E-state index in [4.69, 9.17) is 9.47 Å². The number of pyridine rings is 1. The number of nitrogens with zero attached hydrogens (tertiary/aromatic N) is 4. The van der Waals surface area contributed by atoms with Crippen LogP contribution >= 0.6 is 0 Å². The molecule has 1 fully saturated rings. The summed E-state index contributed by atoms with van der Waals surface area (Å²) in [5.41, 5.74) is -1.34. The molecule has 1 saturated heterocycles. The Balaban J connectivity index is 1.44. The van der Waals surface area contributed by atoms with Crippen LogP contribution in [0.5, 0.6) is 5.75 Å². The van der Waals surface area contributed by atoms with Crippen molar-refractivity contribution in [3.8, 4) is 5.75 Å². The molecule has 0 unspecified atom stereocenters. The molecule has 2 aliphatic heterocycles. The first kappa shape index (κ1) is 19.6. The largest absolute Gasteiger partial charge is 0.491 e. The van der Waals surface area contributed by atoms with Crippen LogP contribution in [-0.4, -0.2) is 59.5 Å². The maximum absolute atomic E-state index is 13.3. The van der Waals surface area contributed by atoms with Crippen molar-refractivity contribution in [3.05, 3.63) is 45.6 Å². The molecule has 2 aliphatic rings. The van der Waals surface area contributed by atoms with Gasteiger partial charge in [0.15, 0.2) is 0 Å². The van der Waals surface area contributed by atoms with E-state index in [1.807, 2.05) is 5.10 Å². The molecule has 4 rings (SSSR count). The first-order valence-corrected chi connectivity index (χ1v) is 9.22. The second kappa shape index (κ2) is 7.99. The SMILES string of the molecule is O=c1[nH]ncc(N2Cc3cc(OCCN4CCOCC4)cnc3C2)c1C(F)(F)F. The lowest BCUT2D eigenvalue weighted by atomic mass is 10.2. The van der Waals surface area contributed by atoms with Crippen LogP contribution in [0.2, 0.25) is 0 Å². The normalized spacial score (nSPS) is 17.4. The molecule has 0 aromatic carbocycles. The van der Waals surface area contributed by atoms with E-state index in [0.717, 1.165) is 31.4 Å². The van der Waals surface area contributed by atoms with Crippen LogP contribution < -0.4 is 15.2 Å². The fraction of sp³-hybridized carbons (Fsp3) is 0.500. The van der Waals surface area contributed by atoms with Gasteiger partial charge in [0.25, 0.3) is 5.56 Å². The lowest BCUT2D eigenvalue weighted by Gasteiger charge is -2.26. The van der Waals surface area contributed by atoms with Crippen molar-refractivity contribution in [2.45, 2.75) is 19.3 Å². The Labute approximate surface area is 164 Å². The summed E-state index contributed by atoms with van der Waals surface area (Å²) in [6, 6.07) is 1.79. The second-order valence-corrected chi connectivity index (χ2v) is 6.89. The van der Waals surface area contributed by atoms with E-state index < -0.39 is 17.3 Å². The lowest BCUT2D eigenvalue weighted by molar-refractivity contribution is -0.138. The zero-order valence-electron chi connectivity index (χ0n) is 15.5. The van der Waals surface area contributed by atoms with Crippen LogP contribution in [-0.2, 0) is 24.0 Å². The minimum atomic E-state index is -4.78. The molecule has 8 nitrogen and oxygen atoms in total. The smallest absolute Gasteiger partial charge is 0.423 e. The van der Waals surface area contributed by atoms with Crippen molar-refractivity contribution < 1.29 is 22.6 Å². The Morgan fingerprint density at radius 1 is 1.21 bits per heavy atom. The summed E-state index contributed by atoms with van der Waals surface area (Å²) < 4.78 is 51.0. The fourth-order valence-corrected chi connectivity index (χ4v) is 3.51. The number of hydrogen-bond acceptors (Lipinski definition) is 7. The Kier molecular flexibility index (Phi) is 5.41. The minimum Gasteiger partial charge on any atom is -0.491 e. The predicted octanol–water partition coefficient (Wildman–Crippen LogP) is 1.41. The molecular formula is C18H20F3N5O3. The van der Waals surface area contributed by atoms with Crippen LogP contribution in [0.4, 0.5) is 18.9 Å². The number of halogens is 3. The highest BCUT2D eigenvalue weighted by Gasteiger charge is 2.39. The van der Waals surface area contributed by atoms with Gasteiger partial charge in [-0.25, -0.2) is 5.10 Å². The van der Waals surface area contributed by atoms with Crippen molar-refractivity contribution in [3.63, 3.8) is 0 Å². The molecule has 11 heteroatoms. The number of alkyl halides is 3. The highest BCUT2D eigenvalue weighted by atomic mass is 19.4. The zero-order chi connectivity index (χ0) is 20.4. The van der Waals surface area contributed by atoms with E-state index in [1.165, 1.54) is 4.90 Å². The zero-order valence-corrected chi connectivity index (χ0v) is 15.5.